The number of hydrogen-bond acceptors (Lipinski definition) is 5. The number of sulfonamides is 1. The zero-order valence-electron chi connectivity index (χ0n) is 22.3. The Labute approximate surface area is 239 Å². The van der Waals surface area contributed by atoms with Crippen molar-refractivity contribution < 1.29 is 22.7 Å². The molecule has 3 aromatic rings. The number of methoxy groups -OCH3 is 1. The largest absolute Gasteiger partial charge is 0.495 e. The van der Waals surface area contributed by atoms with Crippen molar-refractivity contribution in [3.05, 3.63) is 94.5 Å². The third kappa shape index (κ3) is 8.56. The quantitative estimate of drug-likeness (QED) is 0.308. The summed E-state index contributed by atoms with van der Waals surface area (Å²) in [6.07, 6.45) is 2.05. The summed E-state index contributed by atoms with van der Waals surface area (Å²) in [6.45, 7) is 2.03. The van der Waals surface area contributed by atoms with E-state index in [0.29, 0.717) is 12.3 Å². The Morgan fingerprint density at radius 1 is 0.949 bits per heavy atom. The van der Waals surface area contributed by atoms with Gasteiger partial charge in [-0.15, -0.1) is 0 Å². The van der Waals surface area contributed by atoms with Crippen molar-refractivity contribution in [1.82, 2.24) is 10.2 Å². The summed E-state index contributed by atoms with van der Waals surface area (Å²) in [7, 11) is -2.44. The van der Waals surface area contributed by atoms with Gasteiger partial charge in [-0.05, 0) is 41.8 Å². The molecule has 3 aromatic carbocycles. The van der Waals surface area contributed by atoms with Gasteiger partial charge >= 0.3 is 0 Å². The number of amides is 2. The van der Waals surface area contributed by atoms with Crippen LogP contribution < -0.4 is 14.4 Å². The summed E-state index contributed by atoms with van der Waals surface area (Å²) >= 11 is 3.43. The number of nitrogens with zero attached hydrogens (tertiary/aromatic N) is 2. The van der Waals surface area contributed by atoms with Crippen molar-refractivity contribution >= 4 is 43.5 Å². The zero-order chi connectivity index (χ0) is 28.4. The van der Waals surface area contributed by atoms with Gasteiger partial charge in [0.15, 0.2) is 0 Å². The molecule has 0 fully saturated rings. The van der Waals surface area contributed by atoms with Crippen LogP contribution in [0.15, 0.2) is 83.3 Å². The lowest BCUT2D eigenvalue weighted by Crippen LogP contribution is -2.53. The number of carbonyl (C=O) groups is 2. The third-order valence-corrected chi connectivity index (χ3v) is 7.77. The first-order chi connectivity index (χ1) is 18.6. The molecule has 0 aliphatic rings. The van der Waals surface area contributed by atoms with Gasteiger partial charge in [0.05, 0.1) is 19.1 Å². The maximum atomic E-state index is 14.0. The molecule has 1 unspecified atom stereocenters. The van der Waals surface area contributed by atoms with Gasteiger partial charge in [0.25, 0.3) is 0 Å². The first-order valence-electron chi connectivity index (χ1n) is 12.6. The van der Waals surface area contributed by atoms with E-state index >= 15 is 0 Å². The Balaban J connectivity index is 2.05. The van der Waals surface area contributed by atoms with Crippen LogP contribution in [0.2, 0.25) is 0 Å². The molecular formula is C29H34BrN3O5S. The predicted octanol–water partition coefficient (Wildman–Crippen LogP) is 4.39. The van der Waals surface area contributed by atoms with Crippen molar-refractivity contribution in [3.8, 4) is 5.75 Å². The van der Waals surface area contributed by atoms with E-state index in [1.807, 2.05) is 61.5 Å². The molecule has 0 bridgehead atoms. The first-order valence-corrected chi connectivity index (χ1v) is 15.2. The third-order valence-electron chi connectivity index (χ3n) is 6.12. The van der Waals surface area contributed by atoms with E-state index in [1.54, 1.807) is 24.3 Å². The molecule has 0 radical (unpaired) electrons. The number of para-hydroxylation sites is 2. The lowest BCUT2D eigenvalue weighted by molar-refractivity contribution is -0.140. The molecule has 0 spiro atoms. The Kier molecular flexibility index (Phi) is 10.9. The minimum atomic E-state index is -3.88. The molecule has 0 aromatic heterocycles. The van der Waals surface area contributed by atoms with E-state index in [1.165, 1.54) is 12.0 Å². The summed E-state index contributed by atoms with van der Waals surface area (Å²) in [4.78, 5) is 29.0. The normalized spacial score (nSPS) is 11.9. The molecule has 8 nitrogen and oxygen atoms in total. The van der Waals surface area contributed by atoms with Crippen LogP contribution >= 0.6 is 15.9 Å². The van der Waals surface area contributed by atoms with Crippen molar-refractivity contribution in [3.63, 3.8) is 0 Å². The molecule has 208 valence electrons. The van der Waals surface area contributed by atoms with Gasteiger partial charge in [-0.25, -0.2) is 8.42 Å². The molecule has 0 saturated heterocycles. The topological polar surface area (TPSA) is 96.0 Å². The van der Waals surface area contributed by atoms with E-state index in [4.69, 9.17) is 4.74 Å². The van der Waals surface area contributed by atoms with Gasteiger partial charge < -0.3 is 15.0 Å². The zero-order valence-corrected chi connectivity index (χ0v) is 24.7. The van der Waals surface area contributed by atoms with Crippen LogP contribution in [0.1, 0.15) is 24.5 Å². The van der Waals surface area contributed by atoms with Crippen LogP contribution in [0.3, 0.4) is 0 Å². The van der Waals surface area contributed by atoms with Gasteiger partial charge in [-0.2, -0.15) is 0 Å². The molecule has 10 heteroatoms. The van der Waals surface area contributed by atoms with Crippen LogP contribution in [0.4, 0.5) is 5.69 Å². The Hall–Kier alpha value is -3.37. The first kappa shape index (κ1) is 30.2. The summed E-state index contributed by atoms with van der Waals surface area (Å²) in [5.74, 6) is -0.493. The van der Waals surface area contributed by atoms with Crippen molar-refractivity contribution in [2.24, 2.45) is 0 Å². The second-order valence-electron chi connectivity index (χ2n) is 9.09. The minimum Gasteiger partial charge on any atom is -0.495 e. The van der Waals surface area contributed by atoms with Crippen LogP contribution in [-0.4, -0.2) is 57.6 Å². The van der Waals surface area contributed by atoms with Crippen molar-refractivity contribution in [1.29, 1.82) is 0 Å². The summed E-state index contributed by atoms with van der Waals surface area (Å²) in [5.41, 5.74) is 1.93. The highest BCUT2D eigenvalue weighted by Gasteiger charge is 2.33. The van der Waals surface area contributed by atoms with Crippen LogP contribution in [0.5, 0.6) is 5.75 Å². The maximum Gasteiger partial charge on any atom is 0.244 e. The highest BCUT2D eigenvalue weighted by atomic mass is 79.9. The van der Waals surface area contributed by atoms with Crippen molar-refractivity contribution in [2.75, 3.05) is 30.8 Å². The van der Waals surface area contributed by atoms with Gasteiger partial charge in [-0.1, -0.05) is 77.5 Å². The van der Waals surface area contributed by atoms with Crippen LogP contribution in [0.25, 0.3) is 0 Å². The molecule has 1 N–H and O–H groups in total. The Morgan fingerprint density at radius 3 is 2.21 bits per heavy atom. The van der Waals surface area contributed by atoms with Crippen molar-refractivity contribution in [2.45, 2.75) is 32.4 Å². The summed E-state index contributed by atoms with van der Waals surface area (Å²) in [6, 6.07) is 22.6. The molecule has 0 saturated carbocycles. The standard InChI is InChI=1S/C29H34BrN3O5S/c1-4-18-31-29(35)26(19-22-10-6-5-7-11-22)32(20-23-14-16-24(30)17-15-23)28(34)21-33(39(3,36)37)25-12-8-9-13-27(25)38-2/h5-17,26H,4,18-21H2,1-3H3,(H,31,35). The molecule has 0 aliphatic carbocycles. The number of hydrogen-bond donors (Lipinski definition) is 1. The number of benzene rings is 3. The average Bonchev–Trinajstić information content (AvgIpc) is 2.93. The highest BCUT2D eigenvalue weighted by molar-refractivity contribution is 9.10. The average molecular weight is 617 g/mol. The summed E-state index contributed by atoms with van der Waals surface area (Å²) in [5, 5.41) is 2.92. The maximum absolute atomic E-state index is 14.0. The van der Waals surface area contributed by atoms with E-state index < -0.39 is 28.5 Å². The number of anilines is 1. The fourth-order valence-electron chi connectivity index (χ4n) is 4.14. The predicted molar refractivity (Wildman–Crippen MR) is 157 cm³/mol. The van der Waals surface area contributed by atoms with E-state index in [2.05, 4.69) is 21.2 Å². The Bertz CT molecular complexity index is 1350. The van der Waals surface area contributed by atoms with E-state index in [9.17, 15) is 18.0 Å². The lowest BCUT2D eigenvalue weighted by Gasteiger charge is -2.33. The SMILES string of the molecule is CCCNC(=O)C(Cc1ccccc1)N(Cc1ccc(Br)cc1)C(=O)CN(c1ccccc1OC)S(C)(=O)=O. The van der Waals surface area contributed by atoms with E-state index in [0.717, 1.165) is 32.6 Å². The van der Waals surface area contributed by atoms with Gasteiger partial charge in [0.2, 0.25) is 21.8 Å². The molecule has 0 aliphatic heterocycles. The molecular weight excluding hydrogens is 582 g/mol. The monoisotopic (exact) mass is 615 g/mol. The van der Waals surface area contributed by atoms with Crippen LogP contribution in [0, 0.1) is 0 Å². The Morgan fingerprint density at radius 2 is 1.59 bits per heavy atom. The fourth-order valence-corrected chi connectivity index (χ4v) is 5.25. The fraction of sp³-hybridized carbons (Fsp3) is 0.310. The van der Waals surface area contributed by atoms with Gasteiger partial charge in [-0.3, -0.25) is 13.9 Å². The smallest absolute Gasteiger partial charge is 0.244 e. The highest BCUT2D eigenvalue weighted by Crippen LogP contribution is 2.30. The second kappa shape index (κ2) is 14.1. The van der Waals surface area contributed by atoms with Gasteiger partial charge in [0, 0.05) is 24.0 Å². The van der Waals surface area contributed by atoms with Gasteiger partial charge in [0.1, 0.15) is 18.3 Å². The second-order valence-corrected chi connectivity index (χ2v) is 11.9. The number of carbonyl (C=O) groups excluding carboxylic acids is 2. The number of ether oxygens (including phenoxy) is 1. The molecule has 0 heterocycles. The molecule has 2 amide bonds. The summed E-state index contributed by atoms with van der Waals surface area (Å²) < 4.78 is 33.1. The minimum absolute atomic E-state index is 0.118. The number of rotatable bonds is 13. The molecule has 3 rings (SSSR count). The molecule has 39 heavy (non-hydrogen) atoms. The van der Waals surface area contributed by atoms with Crippen LogP contribution in [-0.2, 0) is 32.6 Å². The number of halogens is 1. The van der Waals surface area contributed by atoms with E-state index in [-0.39, 0.29) is 24.6 Å². The molecule has 1 atom stereocenters. The lowest BCUT2D eigenvalue weighted by atomic mass is 10.0. The number of nitrogens with one attached hydrogen (secondary N) is 1.